The number of hydrogen-bond donors (Lipinski definition) is 1. The highest BCUT2D eigenvalue weighted by Gasteiger charge is 1.65. The van der Waals surface area contributed by atoms with E-state index in [0.717, 1.165) is 6.42 Å². The van der Waals surface area contributed by atoms with Crippen LogP contribution in [0.3, 0.4) is 0 Å². The summed E-state index contributed by atoms with van der Waals surface area (Å²) >= 11 is 0. The largest absolute Gasteiger partial charge is 0.379 e. The van der Waals surface area contributed by atoms with E-state index in [1.165, 1.54) is 5.34 Å². The predicted molar refractivity (Wildman–Crippen MR) is 31.9 cm³/mol. The molecule has 1 N–H and O–H groups in total. The fraction of sp³-hybridized carbons (Fsp3) is 1.00. The molecule has 0 saturated heterocycles. The van der Waals surface area contributed by atoms with Gasteiger partial charge in [0.25, 0.3) is 0 Å². The van der Waals surface area contributed by atoms with E-state index in [4.69, 9.17) is 15.6 Å². The zero-order valence-electron chi connectivity index (χ0n) is 5.06. The van der Waals surface area contributed by atoms with Crippen LogP contribution >= 0.6 is 0 Å². The van der Waals surface area contributed by atoms with Crippen LogP contribution in [0.4, 0.5) is 0 Å². The third-order valence-corrected chi connectivity index (χ3v) is 0.387. The third kappa shape index (κ3) is 50.9. The van der Waals surface area contributed by atoms with E-state index in [9.17, 15) is 0 Å². The van der Waals surface area contributed by atoms with Crippen molar-refractivity contribution in [1.82, 2.24) is 0 Å². The van der Waals surface area contributed by atoms with Gasteiger partial charge in [0.1, 0.15) is 0 Å². The van der Waals surface area contributed by atoms with Crippen LogP contribution in [0.15, 0.2) is 10.5 Å². The Morgan fingerprint density at radius 2 is 2.22 bits per heavy atom. The Morgan fingerprint density at radius 1 is 1.78 bits per heavy atom. The minimum Gasteiger partial charge on any atom is -0.379 e. The van der Waals surface area contributed by atoms with Crippen LogP contribution in [0.25, 0.3) is 10.4 Å². The summed E-state index contributed by atoms with van der Waals surface area (Å²) in [6, 6.07) is 0. The van der Waals surface area contributed by atoms with Gasteiger partial charge in [-0.05, 0) is 5.53 Å². The predicted octanol–water partition coefficient (Wildman–Crippen LogP) is 1.85. The van der Waals surface area contributed by atoms with E-state index in [-0.39, 0.29) is 0 Å². The zero-order chi connectivity index (χ0) is 7.54. The van der Waals surface area contributed by atoms with Crippen molar-refractivity contribution >= 4 is 0 Å². The molecule has 0 spiro atoms. The molecule has 0 amide bonds. The van der Waals surface area contributed by atoms with Gasteiger partial charge in [-0.15, -0.1) is 4.91 Å². The third-order valence-electron chi connectivity index (χ3n) is 0.387. The normalized spacial score (nSPS) is 5.89. The van der Waals surface area contributed by atoms with Gasteiger partial charge in [0.15, 0.2) is 5.34 Å². The summed E-state index contributed by atoms with van der Waals surface area (Å²) < 4.78 is 0. The first-order valence-corrected chi connectivity index (χ1v) is 2.31. The van der Waals surface area contributed by atoms with Crippen LogP contribution in [0.5, 0.6) is 0 Å². The molecule has 0 aliphatic rings. The van der Waals surface area contributed by atoms with E-state index in [1.807, 2.05) is 6.92 Å². The van der Waals surface area contributed by atoms with Crippen molar-refractivity contribution < 1.29 is 5.21 Å². The molecule has 0 fully saturated rings. The van der Waals surface area contributed by atoms with Gasteiger partial charge in [0.05, 0.1) is 0 Å². The lowest BCUT2D eigenvalue weighted by atomic mass is 10.5. The molecule has 0 atom stereocenters. The highest BCUT2D eigenvalue weighted by Crippen LogP contribution is 1.74. The van der Waals surface area contributed by atoms with E-state index >= 15 is 0 Å². The van der Waals surface area contributed by atoms with Gasteiger partial charge in [-0.25, -0.2) is 0 Å². The molecular formula is C3H8N4O2. The quantitative estimate of drug-likeness (QED) is 0.204. The maximum Gasteiger partial charge on any atom is 0.152 e. The van der Waals surface area contributed by atoms with Gasteiger partial charge in [-0.3, -0.25) is 0 Å². The second-order valence-electron chi connectivity index (χ2n) is 1.04. The molecule has 0 radical (unpaired) electrons. The summed E-state index contributed by atoms with van der Waals surface area (Å²) in [4.78, 5) is 10.7. The molecule has 52 valence electrons. The minimum atomic E-state index is 0.622. The standard InChI is InChI=1S/C3H7N3.HNO2/c1-2-3-5-6-4;2-1-3/h2-3H2,1H3;(H,2,3). The Bertz CT molecular complexity index is 98.0. The van der Waals surface area contributed by atoms with Gasteiger partial charge in [0, 0.05) is 11.5 Å². The first kappa shape index (κ1) is 10.6. The molecule has 0 aliphatic carbocycles. The van der Waals surface area contributed by atoms with Crippen molar-refractivity contribution in [2.75, 3.05) is 6.54 Å². The van der Waals surface area contributed by atoms with Crippen molar-refractivity contribution in [2.24, 2.45) is 10.5 Å². The number of nitrogens with zero attached hydrogens (tertiary/aromatic N) is 4. The summed E-state index contributed by atoms with van der Waals surface area (Å²) in [5, 5.41) is 11.2. The molecule has 6 nitrogen and oxygen atoms in total. The smallest absolute Gasteiger partial charge is 0.152 e. The highest BCUT2D eigenvalue weighted by atomic mass is 16.6. The molecule has 0 saturated carbocycles. The fourth-order valence-corrected chi connectivity index (χ4v) is 0.145. The van der Waals surface area contributed by atoms with E-state index < -0.39 is 0 Å². The fourth-order valence-electron chi connectivity index (χ4n) is 0.145. The average molecular weight is 132 g/mol. The van der Waals surface area contributed by atoms with E-state index in [2.05, 4.69) is 10.0 Å². The second-order valence-corrected chi connectivity index (χ2v) is 1.04. The van der Waals surface area contributed by atoms with Crippen LogP contribution in [0.1, 0.15) is 13.3 Å². The SMILES string of the molecule is CCCN=[N+]=[N-].O=NO. The van der Waals surface area contributed by atoms with Gasteiger partial charge in [-0.2, -0.15) is 0 Å². The lowest BCUT2D eigenvalue weighted by molar-refractivity contribution is 0.312. The maximum absolute atomic E-state index is 8.11. The molecule has 0 aromatic carbocycles. The lowest BCUT2D eigenvalue weighted by Crippen LogP contribution is -1.65. The Hall–Kier alpha value is -1.29. The average Bonchev–Trinajstić information content (AvgIpc) is 1.86. The summed E-state index contributed by atoms with van der Waals surface area (Å²) in [5.41, 5.74) is 7.66. The molecule has 0 aromatic heterocycles. The Labute approximate surface area is 52.1 Å². The number of hydrogen-bond acceptors (Lipinski definition) is 3. The molecule has 0 heterocycles. The Morgan fingerprint density at radius 3 is 2.33 bits per heavy atom. The van der Waals surface area contributed by atoms with Crippen molar-refractivity contribution in [2.45, 2.75) is 13.3 Å². The van der Waals surface area contributed by atoms with Crippen molar-refractivity contribution in [1.29, 1.82) is 0 Å². The van der Waals surface area contributed by atoms with Gasteiger partial charge in [0.2, 0.25) is 0 Å². The van der Waals surface area contributed by atoms with E-state index in [0.29, 0.717) is 6.54 Å². The van der Waals surface area contributed by atoms with Crippen LogP contribution in [0, 0.1) is 4.91 Å². The molecular weight excluding hydrogens is 124 g/mol. The highest BCUT2D eigenvalue weighted by molar-refractivity contribution is 4.40. The van der Waals surface area contributed by atoms with Crippen LogP contribution in [0.2, 0.25) is 0 Å². The second kappa shape index (κ2) is 15.9. The van der Waals surface area contributed by atoms with Crippen molar-refractivity contribution in [3.05, 3.63) is 15.3 Å². The Balaban J connectivity index is 0. The molecule has 9 heavy (non-hydrogen) atoms. The summed E-state index contributed by atoms with van der Waals surface area (Å²) in [7, 11) is 0. The monoisotopic (exact) mass is 132 g/mol. The molecule has 0 aliphatic heterocycles. The lowest BCUT2D eigenvalue weighted by Gasteiger charge is -1.71. The van der Waals surface area contributed by atoms with E-state index in [1.54, 1.807) is 0 Å². The number of azide groups is 1. The minimum absolute atomic E-state index is 0.622. The number of rotatable bonds is 2. The molecule has 0 unspecified atom stereocenters. The summed E-state index contributed by atoms with van der Waals surface area (Å²) in [6.45, 7) is 2.59. The van der Waals surface area contributed by atoms with Crippen LogP contribution in [-0.2, 0) is 0 Å². The first-order chi connectivity index (χ1) is 4.33. The molecule has 0 bridgehead atoms. The molecule has 0 rings (SSSR count). The van der Waals surface area contributed by atoms with Crippen LogP contribution in [-0.4, -0.2) is 11.8 Å². The van der Waals surface area contributed by atoms with Crippen molar-refractivity contribution in [3.63, 3.8) is 0 Å². The van der Waals surface area contributed by atoms with Gasteiger partial charge in [-0.1, -0.05) is 18.5 Å². The summed E-state index contributed by atoms with van der Waals surface area (Å²) in [5.74, 6) is 0. The first-order valence-electron chi connectivity index (χ1n) is 2.31. The molecule has 6 heteroatoms. The summed E-state index contributed by atoms with van der Waals surface area (Å²) in [6.07, 6.45) is 0.935. The zero-order valence-corrected chi connectivity index (χ0v) is 5.06. The van der Waals surface area contributed by atoms with Gasteiger partial charge < -0.3 is 5.21 Å². The van der Waals surface area contributed by atoms with Gasteiger partial charge >= 0.3 is 0 Å². The Kier molecular flexibility index (Phi) is 18.8. The maximum atomic E-state index is 8.11. The molecule has 0 aromatic rings. The van der Waals surface area contributed by atoms with Crippen molar-refractivity contribution in [3.8, 4) is 0 Å². The van der Waals surface area contributed by atoms with Crippen LogP contribution < -0.4 is 0 Å². The topological polar surface area (TPSA) is 98.4 Å².